The van der Waals surface area contributed by atoms with E-state index in [0.717, 1.165) is 0 Å². The summed E-state index contributed by atoms with van der Waals surface area (Å²) in [5.41, 5.74) is 8.96. The van der Waals surface area contributed by atoms with Gasteiger partial charge in [0.15, 0.2) is 0 Å². The van der Waals surface area contributed by atoms with E-state index in [1.807, 2.05) is 0 Å². The monoisotopic (exact) mass is 420 g/mol. The highest BCUT2D eigenvalue weighted by Gasteiger charge is 2.11. The summed E-state index contributed by atoms with van der Waals surface area (Å²) in [4.78, 5) is 0. The van der Waals surface area contributed by atoms with E-state index in [-0.39, 0.29) is 0 Å². The van der Waals surface area contributed by atoms with Gasteiger partial charge in [0.1, 0.15) is 0 Å². The third-order valence-corrected chi connectivity index (χ3v) is 6.71. The Kier molecular flexibility index (Phi) is 4.78. The van der Waals surface area contributed by atoms with Crippen LogP contribution in [0, 0.1) is 6.92 Å². The van der Waals surface area contributed by atoms with Gasteiger partial charge in [-0.15, -0.1) is 0 Å². The van der Waals surface area contributed by atoms with Gasteiger partial charge in [-0.25, -0.2) is 0 Å². The molecule has 0 aromatic heterocycles. The zero-order chi connectivity index (χ0) is 22.2. The van der Waals surface area contributed by atoms with Crippen LogP contribution in [0.25, 0.3) is 54.9 Å². The molecule has 6 rings (SSSR count). The van der Waals surface area contributed by atoms with E-state index in [2.05, 4.69) is 134 Å². The van der Waals surface area contributed by atoms with E-state index in [9.17, 15) is 0 Å². The van der Waals surface area contributed by atoms with E-state index in [1.165, 1.54) is 60.5 Å². The Labute approximate surface area is 194 Å². The van der Waals surface area contributed by atoms with Gasteiger partial charge in [-0.2, -0.15) is 0 Å². The predicted octanol–water partition coefficient (Wildman–Crippen LogP) is 9.30. The Bertz CT molecular complexity index is 1590. The molecule has 156 valence electrons. The van der Waals surface area contributed by atoms with Crippen LogP contribution in [-0.2, 0) is 0 Å². The van der Waals surface area contributed by atoms with Crippen molar-refractivity contribution in [2.24, 2.45) is 0 Å². The molecule has 0 unspecified atom stereocenters. The maximum Gasteiger partial charge on any atom is -0.0103 e. The normalized spacial score (nSPS) is 11.2. The average molecular weight is 421 g/mol. The molecule has 0 heteroatoms. The van der Waals surface area contributed by atoms with Crippen molar-refractivity contribution < 1.29 is 0 Å². The molecule has 6 aromatic carbocycles. The highest BCUT2D eigenvalue weighted by molar-refractivity contribution is 5.99. The predicted molar refractivity (Wildman–Crippen MR) is 142 cm³/mol. The van der Waals surface area contributed by atoms with Gasteiger partial charge < -0.3 is 0 Å². The summed E-state index contributed by atoms with van der Waals surface area (Å²) in [6, 6.07) is 46.0. The highest BCUT2D eigenvalue weighted by atomic mass is 14.1. The molecule has 0 fully saturated rings. The SMILES string of the molecule is Cc1c(-c2ccc(-c3cccc4ccccc34)cc2)cccc1-c1cccc2ccccc12. The van der Waals surface area contributed by atoms with Crippen LogP contribution in [0.1, 0.15) is 5.56 Å². The van der Waals surface area contributed by atoms with Gasteiger partial charge in [-0.05, 0) is 67.4 Å². The third-order valence-electron chi connectivity index (χ3n) is 6.71. The Morgan fingerprint density at radius 1 is 0.333 bits per heavy atom. The Balaban J connectivity index is 1.44. The largest absolute Gasteiger partial charge is 0.0616 e. The molecular weight excluding hydrogens is 396 g/mol. The van der Waals surface area contributed by atoms with Gasteiger partial charge in [0.25, 0.3) is 0 Å². The molecule has 0 saturated heterocycles. The second-order valence-electron chi connectivity index (χ2n) is 8.61. The van der Waals surface area contributed by atoms with Crippen molar-refractivity contribution in [3.05, 3.63) is 133 Å². The van der Waals surface area contributed by atoms with Crippen LogP contribution < -0.4 is 0 Å². The second kappa shape index (κ2) is 8.07. The molecule has 0 bridgehead atoms. The lowest BCUT2D eigenvalue weighted by molar-refractivity contribution is 1.45. The number of benzene rings is 6. The molecule has 0 nitrogen and oxygen atoms in total. The number of hydrogen-bond acceptors (Lipinski definition) is 0. The highest BCUT2D eigenvalue weighted by Crippen LogP contribution is 2.36. The lowest BCUT2D eigenvalue weighted by Gasteiger charge is -2.15. The quantitative estimate of drug-likeness (QED) is 0.267. The minimum absolute atomic E-state index is 1.25. The molecule has 0 amide bonds. The second-order valence-corrected chi connectivity index (χ2v) is 8.61. The van der Waals surface area contributed by atoms with Gasteiger partial charge in [0.2, 0.25) is 0 Å². The minimum Gasteiger partial charge on any atom is -0.0616 e. The summed E-state index contributed by atoms with van der Waals surface area (Å²) in [5.74, 6) is 0. The number of rotatable bonds is 3. The maximum absolute atomic E-state index is 2.26. The van der Waals surface area contributed by atoms with E-state index >= 15 is 0 Å². The van der Waals surface area contributed by atoms with Crippen molar-refractivity contribution >= 4 is 21.5 Å². The molecule has 0 radical (unpaired) electrons. The molecular formula is C33H24. The molecule has 0 aliphatic heterocycles. The van der Waals surface area contributed by atoms with Crippen molar-refractivity contribution in [3.8, 4) is 33.4 Å². The third kappa shape index (κ3) is 3.41. The Hall–Kier alpha value is -4.16. The zero-order valence-corrected chi connectivity index (χ0v) is 18.6. The minimum atomic E-state index is 1.25. The van der Waals surface area contributed by atoms with Gasteiger partial charge in [-0.3, -0.25) is 0 Å². The summed E-state index contributed by atoms with van der Waals surface area (Å²) in [6.45, 7) is 2.24. The zero-order valence-electron chi connectivity index (χ0n) is 18.6. The first kappa shape index (κ1) is 19.5. The molecule has 0 heterocycles. The van der Waals surface area contributed by atoms with E-state index in [4.69, 9.17) is 0 Å². The topological polar surface area (TPSA) is 0 Å². The summed E-state index contributed by atoms with van der Waals surface area (Å²) < 4.78 is 0. The van der Waals surface area contributed by atoms with Crippen LogP contribution in [0.3, 0.4) is 0 Å². The van der Waals surface area contributed by atoms with Gasteiger partial charge in [0, 0.05) is 0 Å². The molecule has 0 spiro atoms. The molecule has 0 aliphatic rings. The standard InChI is InChI=1S/C33H24/c1-23-28(15-8-16-29(23)33-18-7-12-25-10-3-5-14-32(25)33)26-19-21-27(22-20-26)31-17-6-11-24-9-2-4-13-30(24)31/h2-22H,1H3. The van der Waals surface area contributed by atoms with Gasteiger partial charge >= 0.3 is 0 Å². The van der Waals surface area contributed by atoms with Crippen molar-refractivity contribution in [3.63, 3.8) is 0 Å². The molecule has 6 aromatic rings. The van der Waals surface area contributed by atoms with Crippen LogP contribution in [0.15, 0.2) is 127 Å². The lowest BCUT2D eigenvalue weighted by atomic mass is 9.89. The molecule has 33 heavy (non-hydrogen) atoms. The smallest absolute Gasteiger partial charge is 0.0103 e. The number of hydrogen-bond donors (Lipinski definition) is 0. The average Bonchev–Trinajstić information content (AvgIpc) is 2.88. The van der Waals surface area contributed by atoms with Crippen LogP contribution in [0.4, 0.5) is 0 Å². The van der Waals surface area contributed by atoms with Crippen molar-refractivity contribution in [1.29, 1.82) is 0 Å². The first-order valence-corrected chi connectivity index (χ1v) is 11.5. The van der Waals surface area contributed by atoms with Crippen LogP contribution in [0.2, 0.25) is 0 Å². The number of fused-ring (bicyclic) bond motifs is 2. The van der Waals surface area contributed by atoms with Gasteiger partial charge in [0.05, 0.1) is 0 Å². The van der Waals surface area contributed by atoms with Crippen molar-refractivity contribution in [1.82, 2.24) is 0 Å². The van der Waals surface area contributed by atoms with Crippen LogP contribution in [-0.4, -0.2) is 0 Å². The van der Waals surface area contributed by atoms with E-state index in [0.29, 0.717) is 0 Å². The fourth-order valence-corrected chi connectivity index (χ4v) is 5.01. The van der Waals surface area contributed by atoms with Crippen LogP contribution in [0.5, 0.6) is 0 Å². The van der Waals surface area contributed by atoms with E-state index in [1.54, 1.807) is 0 Å². The first-order chi connectivity index (χ1) is 16.3. The Morgan fingerprint density at radius 3 is 1.42 bits per heavy atom. The first-order valence-electron chi connectivity index (χ1n) is 11.5. The summed E-state index contributed by atoms with van der Waals surface area (Å²) in [5, 5.41) is 5.14. The molecule has 0 aliphatic carbocycles. The van der Waals surface area contributed by atoms with E-state index < -0.39 is 0 Å². The van der Waals surface area contributed by atoms with Crippen molar-refractivity contribution in [2.75, 3.05) is 0 Å². The summed E-state index contributed by atoms with van der Waals surface area (Å²) in [6.07, 6.45) is 0. The van der Waals surface area contributed by atoms with Crippen molar-refractivity contribution in [2.45, 2.75) is 6.92 Å². The molecule has 0 saturated carbocycles. The molecule has 0 N–H and O–H groups in total. The van der Waals surface area contributed by atoms with Crippen LogP contribution >= 0.6 is 0 Å². The summed E-state index contributed by atoms with van der Waals surface area (Å²) >= 11 is 0. The lowest BCUT2D eigenvalue weighted by Crippen LogP contribution is -1.90. The Morgan fingerprint density at radius 2 is 0.758 bits per heavy atom. The fourth-order valence-electron chi connectivity index (χ4n) is 5.01. The maximum atomic E-state index is 2.26. The molecule has 0 atom stereocenters. The fraction of sp³-hybridized carbons (Fsp3) is 0.0303. The summed E-state index contributed by atoms with van der Waals surface area (Å²) in [7, 11) is 0. The van der Waals surface area contributed by atoms with Gasteiger partial charge in [-0.1, -0.05) is 127 Å².